The molecule has 1 saturated heterocycles. The van der Waals surface area contributed by atoms with Crippen LogP contribution in [0.4, 0.5) is 5.69 Å². The number of hydrogen-bond acceptors (Lipinski definition) is 5. The van der Waals surface area contributed by atoms with Gasteiger partial charge in [0.2, 0.25) is 10.0 Å². The van der Waals surface area contributed by atoms with E-state index < -0.39 is 20.8 Å². The van der Waals surface area contributed by atoms with Crippen LogP contribution in [-0.4, -0.2) is 53.9 Å². The van der Waals surface area contributed by atoms with Crippen LogP contribution in [0.1, 0.15) is 0 Å². The van der Waals surface area contributed by atoms with E-state index in [0.29, 0.717) is 36.0 Å². The molecule has 1 heterocycles. The molecule has 0 amide bonds. The van der Waals surface area contributed by atoms with Crippen LogP contribution >= 0.6 is 0 Å². The largest absolute Gasteiger partial charge is 0.490 e. The monoisotopic (exact) mass is 318 g/mol. The van der Waals surface area contributed by atoms with Crippen LogP contribution in [0.2, 0.25) is 0 Å². The fourth-order valence-corrected chi connectivity index (χ4v) is 4.47. The second-order valence-corrected chi connectivity index (χ2v) is 8.23. The molecule has 1 aromatic rings. The van der Waals surface area contributed by atoms with E-state index in [0.717, 1.165) is 0 Å². The Bertz CT molecular complexity index is 579. The Kier molecular flexibility index (Phi) is 5.00. The van der Waals surface area contributed by atoms with Gasteiger partial charge in [-0.05, 0) is 12.1 Å². The zero-order valence-corrected chi connectivity index (χ0v) is 12.7. The number of sulfonamides is 1. The van der Waals surface area contributed by atoms with Gasteiger partial charge in [0.1, 0.15) is 12.4 Å². The zero-order valence-electron chi connectivity index (χ0n) is 11.0. The molecule has 0 atom stereocenters. The number of rotatable bonds is 5. The molecule has 1 aromatic carbocycles. The summed E-state index contributed by atoms with van der Waals surface area (Å²) < 4.78 is 42.2. The highest BCUT2D eigenvalue weighted by Crippen LogP contribution is 2.19. The third kappa shape index (κ3) is 3.94. The molecule has 1 aliphatic heterocycles. The lowest BCUT2D eigenvalue weighted by molar-refractivity contribution is 0.337. The number of nitrogens with zero attached hydrogens (tertiary/aromatic N) is 1. The summed E-state index contributed by atoms with van der Waals surface area (Å²) in [5.41, 5.74) is 6.19. The van der Waals surface area contributed by atoms with E-state index in [1.807, 2.05) is 0 Å². The minimum Gasteiger partial charge on any atom is -0.490 e. The Morgan fingerprint density at radius 1 is 1.25 bits per heavy atom. The van der Waals surface area contributed by atoms with E-state index >= 15 is 0 Å². The van der Waals surface area contributed by atoms with E-state index in [-0.39, 0.29) is 12.4 Å². The second kappa shape index (κ2) is 6.55. The lowest BCUT2D eigenvalue weighted by Gasteiger charge is -2.25. The summed E-state index contributed by atoms with van der Waals surface area (Å²) in [4.78, 5) is 0. The van der Waals surface area contributed by atoms with Crippen LogP contribution in [0.3, 0.4) is 0 Å². The molecule has 112 valence electrons. The Morgan fingerprint density at radius 2 is 1.90 bits per heavy atom. The number of nitrogens with two attached hydrogens (primary N) is 1. The van der Waals surface area contributed by atoms with Gasteiger partial charge in [-0.3, -0.25) is 4.21 Å². The molecule has 0 unspecified atom stereocenters. The van der Waals surface area contributed by atoms with Gasteiger partial charge in [-0.15, -0.1) is 0 Å². The van der Waals surface area contributed by atoms with E-state index in [1.165, 1.54) is 4.31 Å². The van der Waals surface area contributed by atoms with Crippen LogP contribution < -0.4 is 10.5 Å². The van der Waals surface area contributed by atoms with Crippen molar-refractivity contribution in [2.24, 2.45) is 0 Å². The molecule has 0 aliphatic carbocycles. The molecular formula is C12H18N2O4S2. The number of benzene rings is 1. The van der Waals surface area contributed by atoms with Gasteiger partial charge in [-0.2, -0.15) is 4.31 Å². The summed E-state index contributed by atoms with van der Waals surface area (Å²) in [6, 6.07) is 6.96. The molecule has 20 heavy (non-hydrogen) atoms. The van der Waals surface area contributed by atoms with E-state index in [4.69, 9.17) is 10.5 Å². The van der Waals surface area contributed by atoms with Crippen molar-refractivity contribution in [2.45, 2.75) is 0 Å². The van der Waals surface area contributed by atoms with Crippen LogP contribution in [0.15, 0.2) is 24.3 Å². The topological polar surface area (TPSA) is 89.7 Å². The first-order chi connectivity index (χ1) is 9.49. The molecule has 1 aliphatic rings. The maximum Gasteiger partial charge on any atom is 0.217 e. The molecule has 6 nitrogen and oxygen atoms in total. The van der Waals surface area contributed by atoms with Gasteiger partial charge in [-0.1, -0.05) is 12.1 Å². The highest BCUT2D eigenvalue weighted by Gasteiger charge is 2.26. The molecule has 0 aromatic heterocycles. The van der Waals surface area contributed by atoms with Gasteiger partial charge in [0.25, 0.3) is 0 Å². The lowest BCUT2D eigenvalue weighted by Crippen LogP contribution is -2.43. The Labute approximate surface area is 121 Å². The van der Waals surface area contributed by atoms with Crippen molar-refractivity contribution in [3.05, 3.63) is 24.3 Å². The van der Waals surface area contributed by atoms with E-state index in [1.54, 1.807) is 24.3 Å². The number of anilines is 1. The molecular weight excluding hydrogens is 300 g/mol. The number of hydrogen-bond donors (Lipinski definition) is 1. The van der Waals surface area contributed by atoms with Crippen molar-refractivity contribution >= 4 is 26.5 Å². The van der Waals surface area contributed by atoms with Crippen LogP contribution in [0.5, 0.6) is 5.75 Å². The highest BCUT2D eigenvalue weighted by atomic mass is 32.2. The molecule has 1 fully saturated rings. The average Bonchev–Trinajstić information content (AvgIpc) is 2.41. The highest BCUT2D eigenvalue weighted by molar-refractivity contribution is 7.89. The van der Waals surface area contributed by atoms with Crippen LogP contribution in [-0.2, 0) is 20.8 Å². The molecule has 8 heteroatoms. The minimum absolute atomic E-state index is 0.0517. The quantitative estimate of drug-likeness (QED) is 0.774. The smallest absolute Gasteiger partial charge is 0.217 e. The summed E-state index contributed by atoms with van der Waals surface area (Å²) in [5, 5.41) is 0. The molecule has 2 rings (SSSR count). The summed E-state index contributed by atoms with van der Waals surface area (Å²) in [6.45, 7) is 0.695. The minimum atomic E-state index is -3.36. The first-order valence-corrected chi connectivity index (χ1v) is 9.39. The SMILES string of the molecule is Nc1ccccc1OCCS(=O)(=O)N1CCS(=O)CC1. The standard InChI is InChI=1S/C12H18N2O4S2/c13-11-3-1-2-4-12(11)18-7-10-20(16,17)14-5-8-19(15)9-6-14/h1-4H,5-10,13H2. The van der Waals surface area contributed by atoms with Crippen LogP contribution in [0.25, 0.3) is 0 Å². The van der Waals surface area contributed by atoms with Crippen molar-refractivity contribution in [2.75, 3.05) is 42.7 Å². The summed E-state index contributed by atoms with van der Waals surface area (Å²) in [7, 11) is -4.24. The van der Waals surface area contributed by atoms with Gasteiger partial charge in [0.15, 0.2) is 0 Å². The van der Waals surface area contributed by atoms with Crippen LogP contribution in [0, 0.1) is 0 Å². The molecule has 0 saturated carbocycles. The van der Waals surface area contributed by atoms with Crippen molar-refractivity contribution < 1.29 is 17.4 Å². The number of para-hydroxylation sites is 2. The first kappa shape index (κ1) is 15.3. The number of ether oxygens (including phenoxy) is 1. The maximum absolute atomic E-state index is 12.1. The van der Waals surface area contributed by atoms with Gasteiger partial charge in [0.05, 0.1) is 11.4 Å². The fraction of sp³-hybridized carbons (Fsp3) is 0.500. The molecule has 0 radical (unpaired) electrons. The molecule has 2 N–H and O–H groups in total. The van der Waals surface area contributed by atoms with Crippen molar-refractivity contribution in [3.8, 4) is 5.75 Å². The van der Waals surface area contributed by atoms with Crippen molar-refractivity contribution in [1.82, 2.24) is 4.31 Å². The van der Waals surface area contributed by atoms with Crippen molar-refractivity contribution in [3.63, 3.8) is 0 Å². The Balaban J connectivity index is 1.87. The van der Waals surface area contributed by atoms with Gasteiger partial charge in [0, 0.05) is 35.4 Å². The van der Waals surface area contributed by atoms with Gasteiger partial charge in [-0.25, -0.2) is 8.42 Å². The summed E-state index contributed by atoms with van der Waals surface area (Å²) in [5.74, 6) is 1.20. The van der Waals surface area contributed by atoms with Gasteiger partial charge < -0.3 is 10.5 Å². The molecule has 0 bridgehead atoms. The zero-order chi connectivity index (χ0) is 14.6. The Hall–Kier alpha value is -1.12. The maximum atomic E-state index is 12.1. The average molecular weight is 318 g/mol. The normalized spacial score (nSPS) is 18.0. The second-order valence-electron chi connectivity index (χ2n) is 4.45. The predicted octanol–water partition coefficient (Wildman–Crippen LogP) is 0.0417. The lowest BCUT2D eigenvalue weighted by atomic mass is 10.3. The van der Waals surface area contributed by atoms with Gasteiger partial charge >= 0.3 is 0 Å². The Morgan fingerprint density at radius 3 is 2.55 bits per heavy atom. The summed E-state index contributed by atoms with van der Waals surface area (Å²) in [6.07, 6.45) is 0. The van der Waals surface area contributed by atoms with Crippen molar-refractivity contribution in [1.29, 1.82) is 0 Å². The predicted molar refractivity (Wildman–Crippen MR) is 79.6 cm³/mol. The third-order valence-electron chi connectivity index (χ3n) is 3.05. The fourth-order valence-electron chi connectivity index (χ4n) is 1.90. The van der Waals surface area contributed by atoms with E-state index in [9.17, 15) is 12.6 Å². The number of nitrogen functional groups attached to an aromatic ring is 1. The van der Waals surface area contributed by atoms with E-state index in [2.05, 4.69) is 0 Å². The summed E-state index contributed by atoms with van der Waals surface area (Å²) >= 11 is 0. The first-order valence-electron chi connectivity index (χ1n) is 6.29. The molecule has 0 spiro atoms. The third-order valence-corrected chi connectivity index (χ3v) is 6.16.